The molecule has 1 aromatic heterocycles. The molecule has 2 heterocycles. The van der Waals surface area contributed by atoms with Crippen molar-refractivity contribution in [3.8, 4) is 5.75 Å². The van der Waals surface area contributed by atoms with Crippen LogP contribution in [0.25, 0.3) is 10.9 Å². The van der Waals surface area contributed by atoms with Gasteiger partial charge in [-0.15, -0.1) is 0 Å². The Labute approximate surface area is 183 Å². The van der Waals surface area contributed by atoms with Gasteiger partial charge in [0.15, 0.2) is 5.60 Å². The summed E-state index contributed by atoms with van der Waals surface area (Å²) >= 11 is 0. The number of aliphatic hydroxyl groups is 1. The average molecular weight is 448 g/mol. The molecule has 0 bridgehead atoms. The predicted molar refractivity (Wildman–Crippen MR) is 114 cm³/mol. The number of halogens is 4. The highest BCUT2D eigenvalue weighted by Gasteiger charge is 2.56. The Morgan fingerprint density at radius 3 is 2.66 bits per heavy atom. The maximum atomic E-state index is 14.2. The zero-order valence-corrected chi connectivity index (χ0v) is 17.8. The van der Waals surface area contributed by atoms with Crippen molar-refractivity contribution in [2.75, 3.05) is 18.5 Å². The fraction of sp³-hybridized carbons (Fsp3) is 0.375. The Balaban J connectivity index is 1.61. The quantitative estimate of drug-likeness (QED) is 0.497. The van der Waals surface area contributed by atoms with E-state index in [1.165, 1.54) is 12.1 Å². The summed E-state index contributed by atoms with van der Waals surface area (Å²) in [7, 11) is 0. The molecule has 4 rings (SSSR count). The van der Waals surface area contributed by atoms with Crippen molar-refractivity contribution in [1.29, 1.82) is 0 Å². The number of nitrogens with one attached hydrogen (secondary N) is 1. The standard InChI is InChI=1S/C24H24F4N2O2/c1-22(2,19-11-17(25)10-16-7-9-32-21(16)19)13-23(31,24(26,27)28)14-30-18-6-5-15-4-3-8-29-20(15)12-18/h3-6,8,10-12,30-31H,7,9,13-14H2,1-2H3. The fourth-order valence-electron chi connectivity index (χ4n) is 4.29. The van der Waals surface area contributed by atoms with Crippen molar-refractivity contribution < 1.29 is 27.4 Å². The van der Waals surface area contributed by atoms with Gasteiger partial charge >= 0.3 is 6.18 Å². The lowest BCUT2D eigenvalue weighted by molar-refractivity contribution is -0.260. The molecule has 0 saturated heterocycles. The van der Waals surface area contributed by atoms with E-state index in [1.54, 1.807) is 44.3 Å². The zero-order valence-electron chi connectivity index (χ0n) is 17.8. The molecule has 1 aliphatic rings. The first kappa shape index (κ1) is 22.3. The van der Waals surface area contributed by atoms with Gasteiger partial charge in [0.25, 0.3) is 0 Å². The topological polar surface area (TPSA) is 54.4 Å². The largest absolute Gasteiger partial charge is 0.493 e. The van der Waals surface area contributed by atoms with E-state index < -0.39 is 36.0 Å². The molecule has 1 atom stereocenters. The van der Waals surface area contributed by atoms with Crippen LogP contribution in [0.2, 0.25) is 0 Å². The van der Waals surface area contributed by atoms with Crippen molar-refractivity contribution in [2.45, 2.75) is 43.9 Å². The highest BCUT2D eigenvalue weighted by Crippen LogP contribution is 2.45. The monoisotopic (exact) mass is 448 g/mol. The van der Waals surface area contributed by atoms with Crippen molar-refractivity contribution in [3.05, 3.63) is 65.6 Å². The molecule has 1 aliphatic heterocycles. The van der Waals surface area contributed by atoms with Gasteiger partial charge in [-0.25, -0.2) is 4.39 Å². The number of pyridine rings is 1. The van der Waals surface area contributed by atoms with E-state index in [1.807, 2.05) is 6.07 Å². The second-order valence-electron chi connectivity index (χ2n) is 8.89. The molecule has 2 aromatic carbocycles. The number of hydrogen-bond acceptors (Lipinski definition) is 4. The van der Waals surface area contributed by atoms with Crippen LogP contribution in [0.5, 0.6) is 5.75 Å². The first-order chi connectivity index (χ1) is 15.0. The molecule has 8 heteroatoms. The van der Waals surface area contributed by atoms with Crippen LogP contribution in [0.3, 0.4) is 0 Å². The van der Waals surface area contributed by atoms with Gasteiger partial charge in [-0.05, 0) is 42.2 Å². The van der Waals surface area contributed by atoms with Crippen molar-refractivity contribution in [1.82, 2.24) is 4.98 Å². The maximum Gasteiger partial charge on any atom is 0.418 e. The third-order valence-electron chi connectivity index (χ3n) is 5.93. The smallest absolute Gasteiger partial charge is 0.418 e. The molecule has 0 amide bonds. The molecule has 0 aliphatic carbocycles. The van der Waals surface area contributed by atoms with E-state index in [4.69, 9.17) is 4.74 Å². The van der Waals surface area contributed by atoms with Crippen molar-refractivity contribution in [3.63, 3.8) is 0 Å². The number of anilines is 1. The summed E-state index contributed by atoms with van der Waals surface area (Å²) in [5.41, 5.74) is -2.29. The predicted octanol–water partition coefficient (Wildman–Crippen LogP) is 5.38. The molecule has 4 nitrogen and oxygen atoms in total. The summed E-state index contributed by atoms with van der Waals surface area (Å²) in [6.07, 6.45) is -3.50. The van der Waals surface area contributed by atoms with E-state index in [9.17, 15) is 22.7 Å². The number of benzene rings is 2. The molecule has 0 spiro atoms. The fourth-order valence-corrected chi connectivity index (χ4v) is 4.29. The van der Waals surface area contributed by atoms with Crippen LogP contribution in [0.1, 0.15) is 31.4 Å². The molecule has 2 N–H and O–H groups in total. The van der Waals surface area contributed by atoms with Gasteiger partial charge in [0.2, 0.25) is 0 Å². The molecule has 3 aromatic rings. The first-order valence-electron chi connectivity index (χ1n) is 10.3. The number of fused-ring (bicyclic) bond motifs is 2. The first-order valence-corrected chi connectivity index (χ1v) is 10.3. The minimum Gasteiger partial charge on any atom is -0.493 e. The molecule has 0 fully saturated rings. The average Bonchev–Trinajstić information content (AvgIpc) is 3.18. The summed E-state index contributed by atoms with van der Waals surface area (Å²) < 4.78 is 61.9. The van der Waals surface area contributed by atoms with E-state index >= 15 is 0 Å². The third-order valence-corrected chi connectivity index (χ3v) is 5.93. The van der Waals surface area contributed by atoms with Crippen molar-refractivity contribution in [2.24, 2.45) is 0 Å². The Morgan fingerprint density at radius 2 is 1.91 bits per heavy atom. The van der Waals surface area contributed by atoms with Gasteiger partial charge in [-0.1, -0.05) is 26.0 Å². The number of rotatable bonds is 6. The number of aromatic nitrogens is 1. The Kier molecular flexibility index (Phi) is 5.53. The summed E-state index contributed by atoms with van der Waals surface area (Å²) in [4.78, 5) is 4.20. The molecule has 0 radical (unpaired) electrons. The van der Waals surface area contributed by atoms with E-state index in [2.05, 4.69) is 10.3 Å². The SMILES string of the molecule is CC(C)(CC(O)(CNc1ccc2cccnc2c1)C(F)(F)F)c1cc(F)cc2c1OCC2. The molecular weight excluding hydrogens is 424 g/mol. The molecule has 0 saturated carbocycles. The highest BCUT2D eigenvalue weighted by atomic mass is 19.4. The lowest BCUT2D eigenvalue weighted by atomic mass is 9.74. The van der Waals surface area contributed by atoms with Crippen LogP contribution in [-0.2, 0) is 11.8 Å². The zero-order chi connectivity index (χ0) is 23.1. The Bertz CT molecular complexity index is 1150. The second kappa shape index (κ2) is 7.92. The molecule has 32 heavy (non-hydrogen) atoms. The second-order valence-corrected chi connectivity index (χ2v) is 8.89. The van der Waals surface area contributed by atoms with Gasteiger partial charge in [0, 0.05) is 34.8 Å². The summed E-state index contributed by atoms with van der Waals surface area (Å²) in [6.45, 7) is 2.69. The van der Waals surface area contributed by atoms with Crippen LogP contribution >= 0.6 is 0 Å². The lowest BCUT2D eigenvalue weighted by Gasteiger charge is -2.38. The Hall–Kier alpha value is -2.87. The number of ether oxygens (including phenoxy) is 1. The minimum absolute atomic E-state index is 0.322. The van der Waals surface area contributed by atoms with E-state index in [-0.39, 0.29) is 0 Å². The van der Waals surface area contributed by atoms with Crippen LogP contribution in [-0.4, -0.2) is 35.0 Å². The minimum atomic E-state index is -4.91. The van der Waals surface area contributed by atoms with Crippen LogP contribution in [0.15, 0.2) is 48.7 Å². The van der Waals surface area contributed by atoms with Crippen LogP contribution in [0, 0.1) is 5.82 Å². The van der Waals surface area contributed by atoms with Gasteiger partial charge in [0.1, 0.15) is 11.6 Å². The molecule has 1 unspecified atom stereocenters. The van der Waals surface area contributed by atoms with Gasteiger partial charge < -0.3 is 15.2 Å². The molecular formula is C24H24F4N2O2. The summed E-state index contributed by atoms with van der Waals surface area (Å²) in [5.74, 6) is -0.121. The number of nitrogens with zero attached hydrogens (tertiary/aromatic N) is 1. The maximum absolute atomic E-state index is 14.2. The molecule has 170 valence electrons. The Morgan fingerprint density at radius 1 is 1.12 bits per heavy atom. The summed E-state index contributed by atoms with van der Waals surface area (Å²) in [5, 5.41) is 14.4. The van der Waals surface area contributed by atoms with Crippen LogP contribution < -0.4 is 10.1 Å². The number of alkyl halides is 3. The normalized spacial score (nSPS) is 15.8. The summed E-state index contributed by atoms with van der Waals surface area (Å²) in [6, 6.07) is 11.2. The lowest BCUT2D eigenvalue weighted by Crippen LogP contribution is -2.53. The van der Waals surface area contributed by atoms with E-state index in [0.717, 1.165) is 5.39 Å². The van der Waals surface area contributed by atoms with E-state index in [0.29, 0.717) is 41.1 Å². The van der Waals surface area contributed by atoms with Gasteiger partial charge in [-0.3, -0.25) is 4.98 Å². The number of hydrogen-bond donors (Lipinski definition) is 2. The van der Waals surface area contributed by atoms with Crippen LogP contribution in [0.4, 0.5) is 23.2 Å². The van der Waals surface area contributed by atoms with Gasteiger partial charge in [-0.2, -0.15) is 13.2 Å². The van der Waals surface area contributed by atoms with Gasteiger partial charge in [0.05, 0.1) is 18.7 Å². The van der Waals surface area contributed by atoms with Crippen molar-refractivity contribution >= 4 is 16.6 Å². The third kappa shape index (κ3) is 4.24. The highest BCUT2D eigenvalue weighted by molar-refractivity contribution is 5.81.